The van der Waals surface area contributed by atoms with Gasteiger partial charge in [-0.2, -0.15) is 0 Å². The molecule has 0 bridgehead atoms. The minimum Gasteiger partial charge on any atom is -0.481 e. The smallest absolute Gasteiger partial charge is 0.307 e. The minimum atomic E-state index is -0.873. The van der Waals surface area contributed by atoms with Gasteiger partial charge in [0.1, 0.15) is 0 Å². The van der Waals surface area contributed by atoms with E-state index in [9.17, 15) is 14.7 Å². The first kappa shape index (κ1) is 14.5. The van der Waals surface area contributed by atoms with Gasteiger partial charge in [0.05, 0.1) is 5.92 Å². The van der Waals surface area contributed by atoms with E-state index in [4.69, 9.17) is 0 Å². The Kier molecular flexibility index (Phi) is 4.07. The number of benzene rings is 1. The summed E-state index contributed by atoms with van der Waals surface area (Å²) < 4.78 is 0. The number of allylic oxidation sites excluding steroid dienone is 2. The molecule has 0 radical (unpaired) electrons. The first-order valence-corrected chi connectivity index (χ1v) is 6.89. The molecule has 1 aromatic carbocycles. The first-order valence-electron chi connectivity index (χ1n) is 6.89. The van der Waals surface area contributed by atoms with Gasteiger partial charge in [-0.1, -0.05) is 41.0 Å². The van der Waals surface area contributed by atoms with Crippen LogP contribution in [0.5, 0.6) is 0 Å². The van der Waals surface area contributed by atoms with E-state index >= 15 is 0 Å². The van der Waals surface area contributed by atoms with E-state index in [2.05, 4.69) is 0 Å². The lowest BCUT2D eigenvalue weighted by molar-refractivity contribution is -0.143. The topological polar surface area (TPSA) is 54.4 Å². The molecule has 1 aliphatic carbocycles. The highest BCUT2D eigenvalue weighted by atomic mass is 16.4. The van der Waals surface area contributed by atoms with E-state index in [-0.39, 0.29) is 5.78 Å². The Labute approximate surface area is 119 Å². The van der Waals surface area contributed by atoms with Crippen molar-refractivity contribution in [1.82, 2.24) is 0 Å². The fourth-order valence-corrected chi connectivity index (χ4v) is 2.76. The lowest BCUT2D eigenvalue weighted by atomic mass is 9.73. The zero-order chi connectivity index (χ0) is 14.9. The van der Waals surface area contributed by atoms with Crippen LogP contribution in [-0.2, 0) is 4.79 Å². The van der Waals surface area contributed by atoms with Gasteiger partial charge in [0.15, 0.2) is 5.78 Å². The number of rotatable bonds is 3. The molecule has 1 N–H and O–H groups in total. The number of carboxylic acid groups (broad SMARTS) is 1. The van der Waals surface area contributed by atoms with E-state index < -0.39 is 17.8 Å². The Balaban J connectivity index is 2.31. The third-order valence-corrected chi connectivity index (χ3v) is 4.26. The highest BCUT2D eigenvalue weighted by Gasteiger charge is 2.37. The number of hydrogen-bond acceptors (Lipinski definition) is 2. The van der Waals surface area contributed by atoms with Crippen LogP contribution in [0.25, 0.3) is 0 Å². The number of ketones is 1. The summed E-state index contributed by atoms with van der Waals surface area (Å²) in [6.07, 6.45) is 1.03. The Morgan fingerprint density at radius 1 is 0.950 bits per heavy atom. The van der Waals surface area contributed by atoms with E-state index in [1.54, 1.807) is 12.1 Å². The highest BCUT2D eigenvalue weighted by molar-refractivity contribution is 6.00. The van der Waals surface area contributed by atoms with Crippen molar-refractivity contribution in [3.8, 4) is 0 Å². The molecular formula is C17H20O3. The van der Waals surface area contributed by atoms with Crippen LogP contribution in [0.3, 0.4) is 0 Å². The van der Waals surface area contributed by atoms with E-state index in [1.807, 2.05) is 32.9 Å². The second-order valence-corrected chi connectivity index (χ2v) is 5.75. The number of carboxylic acids is 1. The predicted octanol–water partition coefficient (Wildman–Crippen LogP) is 3.62. The third-order valence-electron chi connectivity index (χ3n) is 4.26. The minimum absolute atomic E-state index is 0.0516. The van der Waals surface area contributed by atoms with Crippen LogP contribution in [-0.4, -0.2) is 16.9 Å². The molecule has 2 rings (SSSR count). The second kappa shape index (κ2) is 5.61. The van der Waals surface area contributed by atoms with Gasteiger partial charge in [0.2, 0.25) is 0 Å². The summed E-state index contributed by atoms with van der Waals surface area (Å²) in [5.74, 6) is -1.97. The van der Waals surface area contributed by atoms with Crippen molar-refractivity contribution in [2.24, 2.45) is 11.8 Å². The van der Waals surface area contributed by atoms with Gasteiger partial charge in [0.25, 0.3) is 0 Å². The number of aliphatic carboxylic acids is 1. The van der Waals surface area contributed by atoms with Crippen LogP contribution >= 0.6 is 0 Å². The third kappa shape index (κ3) is 2.82. The Morgan fingerprint density at radius 2 is 1.45 bits per heavy atom. The summed E-state index contributed by atoms with van der Waals surface area (Å²) in [4.78, 5) is 24.0. The van der Waals surface area contributed by atoms with Crippen molar-refractivity contribution in [2.75, 3.05) is 0 Å². The van der Waals surface area contributed by atoms with Gasteiger partial charge in [-0.25, -0.2) is 0 Å². The van der Waals surface area contributed by atoms with Gasteiger partial charge >= 0.3 is 5.97 Å². The number of carbonyl (C=O) groups excluding carboxylic acids is 1. The fraction of sp³-hybridized carbons (Fsp3) is 0.412. The molecule has 0 amide bonds. The lowest BCUT2D eigenvalue weighted by Crippen LogP contribution is -2.33. The average Bonchev–Trinajstić information content (AvgIpc) is 2.41. The van der Waals surface area contributed by atoms with Crippen molar-refractivity contribution >= 4 is 11.8 Å². The summed E-state index contributed by atoms with van der Waals surface area (Å²) in [5.41, 5.74) is 3.95. The monoisotopic (exact) mass is 272 g/mol. The largest absolute Gasteiger partial charge is 0.481 e. The molecule has 0 fully saturated rings. The molecule has 0 saturated carbocycles. The molecular weight excluding hydrogens is 252 g/mol. The summed E-state index contributed by atoms with van der Waals surface area (Å²) in [5, 5.41) is 9.38. The van der Waals surface area contributed by atoms with Crippen LogP contribution in [0.1, 0.15) is 42.6 Å². The number of carbonyl (C=O) groups is 2. The molecule has 106 valence electrons. The predicted molar refractivity (Wildman–Crippen MR) is 77.7 cm³/mol. The molecule has 0 spiro atoms. The number of aryl methyl sites for hydroxylation is 1. The maximum atomic E-state index is 12.6. The van der Waals surface area contributed by atoms with Gasteiger partial charge in [-0.05, 0) is 33.6 Å². The molecule has 1 aromatic rings. The Hall–Kier alpha value is -1.90. The molecule has 2 atom stereocenters. The van der Waals surface area contributed by atoms with Gasteiger partial charge in [-0.15, -0.1) is 0 Å². The Morgan fingerprint density at radius 3 is 1.95 bits per heavy atom. The van der Waals surface area contributed by atoms with Crippen LogP contribution in [0.15, 0.2) is 35.4 Å². The molecule has 3 heteroatoms. The molecule has 0 saturated heterocycles. The number of hydrogen-bond donors (Lipinski definition) is 1. The summed E-state index contributed by atoms with van der Waals surface area (Å²) >= 11 is 0. The van der Waals surface area contributed by atoms with Crippen molar-refractivity contribution in [2.45, 2.75) is 33.6 Å². The summed E-state index contributed by atoms with van der Waals surface area (Å²) in [6.45, 7) is 5.91. The highest BCUT2D eigenvalue weighted by Crippen LogP contribution is 2.36. The maximum absolute atomic E-state index is 12.6. The summed E-state index contributed by atoms with van der Waals surface area (Å²) in [6, 6.07) is 7.35. The first-order chi connectivity index (χ1) is 9.40. The molecule has 1 aliphatic rings. The summed E-state index contributed by atoms with van der Waals surface area (Å²) in [7, 11) is 0. The second-order valence-electron chi connectivity index (χ2n) is 5.75. The standard InChI is InChI=1S/C17H20O3/c1-10-4-6-13(7-5-10)16(18)14-8-11(2)12(3)9-15(14)17(19)20/h4-7,14-15H,8-9H2,1-3H3,(H,19,20)/t14-,15-/m0/s1. The van der Waals surface area contributed by atoms with Crippen LogP contribution in [0.2, 0.25) is 0 Å². The van der Waals surface area contributed by atoms with Gasteiger partial charge in [0, 0.05) is 11.5 Å². The quantitative estimate of drug-likeness (QED) is 0.675. The van der Waals surface area contributed by atoms with Crippen molar-refractivity contribution in [3.63, 3.8) is 0 Å². The number of Topliss-reactive ketones (excluding diaryl/α,β-unsaturated/α-hetero) is 1. The average molecular weight is 272 g/mol. The van der Waals surface area contributed by atoms with Gasteiger partial charge in [-0.3, -0.25) is 9.59 Å². The maximum Gasteiger partial charge on any atom is 0.307 e. The van der Waals surface area contributed by atoms with Crippen LogP contribution < -0.4 is 0 Å². The molecule has 3 nitrogen and oxygen atoms in total. The molecule has 0 aliphatic heterocycles. The lowest BCUT2D eigenvalue weighted by Gasteiger charge is -2.29. The zero-order valence-electron chi connectivity index (χ0n) is 12.1. The van der Waals surface area contributed by atoms with Gasteiger partial charge < -0.3 is 5.11 Å². The van der Waals surface area contributed by atoms with Crippen molar-refractivity contribution in [3.05, 3.63) is 46.5 Å². The van der Waals surface area contributed by atoms with E-state index in [1.165, 1.54) is 0 Å². The van der Waals surface area contributed by atoms with Crippen LogP contribution in [0.4, 0.5) is 0 Å². The zero-order valence-corrected chi connectivity index (χ0v) is 12.1. The molecule has 0 aromatic heterocycles. The van der Waals surface area contributed by atoms with Crippen LogP contribution in [0, 0.1) is 18.8 Å². The molecule has 0 unspecified atom stereocenters. The molecule has 20 heavy (non-hydrogen) atoms. The van der Waals surface area contributed by atoms with E-state index in [0.717, 1.165) is 16.7 Å². The van der Waals surface area contributed by atoms with E-state index in [0.29, 0.717) is 18.4 Å². The SMILES string of the molecule is CC1=C(C)C[C@H](C(=O)c2ccc(C)cc2)[C@@H](C(=O)O)C1. The normalized spacial score (nSPS) is 22.8. The molecule has 0 heterocycles. The van der Waals surface area contributed by atoms with Crippen molar-refractivity contribution in [1.29, 1.82) is 0 Å². The van der Waals surface area contributed by atoms with Crippen molar-refractivity contribution < 1.29 is 14.7 Å². The fourth-order valence-electron chi connectivity index (χ4n) is 2.76. The Bertz CT molecular complexity index is 566.